The second-order valence-electron chi connectivity index (χ2n) is 9.70. The van der Waals surface area contributed by atoms with Crippen molar-refractivity contribution in [2.75, 3.05) is 38.7 Å². The number of methoxy groups -OCH3 is 1. The smallest absolute Gasteiger partial charge is 0.320 e. The molecule has 0 spiro atoms. The first-order valence-corrected chi connectivity index (χ1v) is 12.9. The van der Waals surface area contributed by atoms with Crippen molar-refractivity contribution in [3.8, 4) is 16.9 Å². The lowest BCUT2D eigenvalue weighted by molar-refractivity contribution is 0.159. The number of likely N-dealkylation sites (tertiary alicyclic amines) is 1. The van der Waals surface area contributed by atoms with Crippen LogP contribution in [0.5, 0.6) is 0 Å². The number of aromatic nitrogens is 2. The van der Waals surface area contributed by atoms with Gasteiger partial charge in [-0.15, -0.1) is 0 Å². The zero-order chi connectivity index (χ0) is 27.4. The molecule has 0 unspecified atom stereocenters. The third kappa shape index (κ3) is 6.00. The number of hydrogen-bond donors (Lipinski definition) is 2. The van der Waals surface area contributed by atoms with Crippen LogP contribution in [0.15, 0.2) is 78.9 Å². The highest BCUT2D eigenvalue weighted by atomic mass is 19.1. The second-order valence-corrected chi connectivity index (χ2v) is 9.70. The first-order chi connectivity index (χ1) is 18.9. The van der Waals surface area contributed by atoms with Crippen LogP contribution in [0.2, 0.25) is 0 Å². The number of carbonyl (C=O) groups excluding carboxylic acids is 1. The van der Waals surface area contributed by atoms with Crippen molar-refractivity contribution < 1.29 is 18.3 Å². The minimum absolute atomic E-state index is 0.294. The van der Waals surface area contributed by atoms with E-state index in [0.29, 0.717) is 37.6 Å². The summed E-state index contributed by atoms with van der Waals surface area (Å²) >= 11 is 0. The number of benzene rings is 3. The summed E-state index contributed by atoms with van der Waals surface area (Å²) in [5, 5.41) is 10.9. The number of nitrogens with one attached hydrogen (secondary N) is 2. The Labute approximate surface area is 226 Å². The highest BCUT2D eigenvalue weighted by molar-refractivity contribution is 5.91. The van der Waals surface area contributed by atoms with E-state index < -0.39 is 17.7 Å². The predicted molar refractivity (Wildman–Crippen MR) is 147 cm³/mol. The van der Waals surface area contributed by atoms with Crippen LogP contribution >= 0.6 is 0 Å². The van der Waals surface area contributed by atoms with Gasteiger partial charge in [-0.25, -0.2) is 18.3 Å². The van der Waals surface area contributed by atoms with Crippen LogP contribution in [0.3, 0.4) is 0 Å². The topological polar surface area (TPSA) is 71.4 Å². The number of amides is 2. The first-order valence-electron chi connectivity index (χ1n) is 12.9. The summed E-state index contributed by atoms with van der Waals surface area (Å²) in [4.78, 5) is 15.5. The number of rotatable bonds is 8. The molecule has 0 bridgehead atoms. The molecule has 0 aliphatic carbocycles. The number of nitrogens with zero attached hydrogens (tertiary/aromatic N) is 3. The third-order valence-electron chi connectivity index (χ3n) is 7.04. The molecule has 4 aromatic rings. The molecule has 9 heteroatoms. The Kier molecular flexibility index (Phi) is 7.99. The molecule has 39 heavy (non-hydrogen) atoms. The normalized spacial score (nSPS) is 17.3. The largest absolute Gasteiger partial charge is 0.383 e. The summed E-state index contributed by atoms with van der Waals surface area (Å²) < 4.78 is 35.1. The van der Waals surface area contributed by atoms with Gasteiger partial charge in [0.2, 0.25) is 0 Å². The summed E-state index contributed by atoms with van der Waals surface area (Å²) in [6, 6.07) is 22.1. The molecular formula is C30H31F2N5O2. The van der Waals surface area contributed by atoms with Crippen LogP contribution in [0, 0.1) is 18.6 Å². The lowest BCUT2D eigenvalue weighted by Gasteiger charge is -2.21. The molecule has 0 saturated carbocycles. The number of anilines is 1. The molecule has 1 aliphatic heterocycles. The maximum Gasteiger partial charge on any atom is 0.320 e. The van der Waals surface area contributed by atoms with E-state index in [1.165, 1.54) is 12.1 Å². The van der Waals surface area contributed by atoms with Gasteiger partial charge in [-0.2, -0.15) is 5.10 Å². The molecule has 2 N–H and O–H groups in total. The van der Waals surface area contributed by atoms with E-state index in [9.17, 15) is 13.6 Å². The fourth-order valence-corrected chi connectivity index (χ4v) is 5.14. The number of carbonyl (C=O) groups is 1. The quantitative estimate of drug-likeness (QED) is 0.321. The standard InChI is InChI=1S/C30H31F2N5O2/c1-20-28(21-9-5-3-6-10-21)35-37(25-11-7-4-8-12-25)29(20)34-30(38)33-27-19-36(13-14-39-2)18-26(27)22-15-23(31)17-24(32)16-22/h3-12,15-17,26-27H,13-14,18-19H2,1-2H3,(H2,33,34,38)/t26-,27+/m0/s1. The fraction of sp³-hybridized carbons (Fsp3) is 0.267. The maximum atomic E-state index is 14.1. The van der Waals surface area contributed by atoms with Crippen molar-refractivity contribution in [3.05, 3.63) is 102 Å². The van der Waals surface area contributed by atoms with Crippen molar-refractivity contribution in [2.24, 2.45) is 0 Å². The van der Waals surface area contributed by atoms with E-state index in [0.717, 1.165) is 28.6 Å². The van der Waals surface area contributed by atoms with Crippen LogP contribution in [0.25, 0.3) is 16.9 Å². The van der Waals surface area contributed by atoms with Crippen molar-refractivity contribution >= 4 is 11.8 Å². The van der Waals surface area contributed by atoms with Gasteiger partial charge in [0.1, 0.15) is 17.5 Å². The van der Waals surface area contributed by atoms with E-state index in [2.05, 4.69) is 15.5 Å². The van der Waals surface area contributed by atoms with Crippen LogP contribution in [0.1, 0.15) is 17.0 Å². The van der Waals surface area contributed by atoms with E-state index >= 15 is 0 Å². The highest BCUT2D eigenvalue weighted by Gasteiger charge is 2.35. The van der Waals surface area contributed by atoms with E-state index in [1.807, 2.05) is 67.6 Å². The fourth-order valence-electron chi connectivity index (χ4n) is 5.14. The minimum Gasteiger partial charge on any atom is -0.383 e. The second kappa shape index (κ2) is 11.8. The van der Waals surface area contributed by atoms with Gasteiger partial charge < -0.3 is 10.1 Å². The Morgan fingerprint density at radius 2 is 1.67 bits per heavy atom. The third-order valence-corrected chi connectivity index (χ3v) is 7.04. The average molecular weight is 532 g/mol. The number of para-hydroxylation sites is 1. The molecule has 1 aliphatic rings. The zero-order valence-corrected chi connectivity index (χ0v) is 21.9. The highest BCUT2D eigenvalue weighted by Crippen LogP contribution is 2.32. The van der Waals surface area contributed by atoms with Crippen molar-refractivity contribution in [3.63, 3.8) is 0 Å². The van der Waals surface area contributed by atoms with Gasteiger partial charge in [0, 0.05) is 49.9 Å². The maximum absolute atomic E-state index is 14.1. The van der Waals surface area contributed by atoms with E-state index in [-0.39, 0.29) is 12.0 Å². The van der Waals surface area contributed by atoms with Crippen molar-refractivity contribution in [1.29, 1.82) is 0 Å². The minimum atomic E-state index is -0.639. The molecular weight excluding hydrogens is 500 g/mol. The molecule has 7 nitrogen and oxygen atoms in total. The van der Waals surface area contributed by atoms with E-state index in [4.69, 9.17) is 9.84 Å². The summed E-state index contributed by atoms with van der Waals surface area (Å²) in [6.45, 7) is 4.14. The van der Waals surface area contributed by atoms with Gasteiger partial charge in [-0.1, -0.05) is 48.5 Å². The Morgan fingerprint density at radius 1 is 1.00 bits per heavy atom. The Hall–Kier alpha value is -4.08. The number of ether oxygens (including phenoxy) is 1. The van der Waals surface area contributed by atoms with E-state index in [1.54, 1.807) is 11.8 Å². The summed E-state index contributed by atoms with van der Waals surface area (Å²) in [5.74, 6) is -1.03. The zero-order valence-electron chi connectivity index (χ0n) is 21.9. The van der Waals surface area contributed by atoms with Gasteiger partial charge in [-0.3, -0.25) is 10.2 Å². The Bertz CT molecular complexity index is 1410. The van der Waals surface area contributed by atoms with Gasteiger partial charge in [0.25, 0.3) is 0 Å². The average Bonchev–Trinajstić information content (AvgIpc) is 3.48. The molecule has 3 aromatic carbocycles. The van der Waals surface area contributed by atoms with Crippen molar-refractivity contribution in [2.45, 2.75) is 18.9 Å². The summed E-state index contributed by atoms with van der Waals surface area (Å²) in [7, 11) is 1.63. The molecule has 1 aromatic heterocycles. The van der Waals surface area contributed by atoms with Gasteiger partial charge in [0.05, 0.1) is 24.0 Å². The summed E-state index contributed by atoms with van der Waals surface area (Å²) in [6.07, 6.45) is 0. The van der Waals surface area contributed by atoms with Crippen molar-refractivity contribution in [1.82, 2.24) is 20.0 Å². The Balaban J connectivity index is 1.42. The SMILES string of the molecule is COCCN1C[C@@H](NC(=O)Nc2c(C)c(-c3ccccc3)nn2-c2ccccc2)[C@H](c2cc(F)cc(F)c2)C1. The molecule has 2 heterocycles. The molecule has 0 radical (unpaired) electrons. The molecule has 5 rings (SSSR count). The van der Waals surface area contributed by atoms with Crippen LogP contribution in [-0.4, -0.2) is 60.1 Å². The molecule has 1 fully saturated rings. The number of urea groups is 1. The van der Waals surface area contributed by atoms with Gasteiger partial charge in [-0.05, 0) is 36.8 Å². The van der Waals surface area contributed by atoms with Gasteiger partial charge >= 0.3 is 6.03 Å². The van der Waals surface area contributed by atoms with Crippen LogP contribution < -0.4 is 10.6 Å². The monoisotopic (exact) mass is 531 g/mol. The first kappa shape index (κ1) is 26.5. The van der Waals surface area contributed by atoms with Crippen LogP contribution in [0.4, 0.5) is 19.4 Å². The van der Waals surface area contributed by atoms with Crippen LogP contribution in [-0.2, 0) is 4.74 Å². The molecule has 2 amide bonds. The molecule has 1 saturated heterocycles. The summed E-state index contributed by atoms with van der Waals surface area (Å²) in [5.41, 5.74) is 3.82. The molecule has 2 atom stereocenters. The van der Waals surface area contributed by atoms with Gasteiger partial charge in [0.15, 0.2) is 0 Å². The lowest BCUT2D eigenvalue weighted by atomic mass is 9.94. The predicted octanol–water partition coefficient (Wildman–Crippen LogP) is 5.36. The lowest BCUT2D eigenvalue weighted by Crippen LogP contribution is -2.42. The Morgan fingerprint density at radius 3 is 2.33 bits per heavy atom. The number of hydrogen-bond acceptors (Lipinski definition) is 4. The molecule has 202 valence electrons. The number of halogens is 2.